The van der Waals surface area contributed by atoms with Gasteiger partial charge < -0.3 is 4.52 Å². The number of hydrogen-bond acceptors (Lipinski definition) is 7. The highest BCUT2D eigenvalue weighted by Crippen LogP contribution is 2.50. The highest BCUT2D eigenvalue weighted by atomic mass is 32.2. The van der Waals surface area contributed by atoms with Crippen molar-refractivity contribution in [3.05, 3.63) is 27.7 Å². The third kappa shape index (κ3) is 3.36. The predicted octanol–water partition coefficient (Wildman–Crippen LogP) is 1.73. The fourth-order valence-corrected chi connectivity index (χ4v) is 4.03. The quantitative estimate of drug-likeness (QED) is 0.888. The lowest BCUT2D eigenvalue weighted by Crippen LogP contribution is -2.15. The van der Waals surface area contributed by atoms with Gasteiger partial charge in [0.2, 0.25) is 5.91 Å². The highest BCUT2D eigenvalue weighted by Gasteiger charge is 2.45. The molecule has 7 nitrogen and oxygen atoms in total. The fraction of sp³-hybridized carbons (Fsp3) is 0.462. The first kappa shape index (κ1) is 15.2. The zero-order valence-electron chi connectivity index (χ0n) is 12.1. The zero-order valence-corrected chi connectivity index (χ0v) is 13.7. The number of nitrogens with one attached hydrogen (secondary N) is 1. The number of sulfone groups is 1. The maximum atomic E-state index is 12.1. The van der Waals surface area contributed by atoms with Gasteiger partial charge in [0.25, 0.3) is 0 Å². The molecule has 2 aromatic rings. The van der Waals surface area contributed by atoms with Gasteiger partial charge in [-0.2, -0.15) is 4.98 Å². The van der Waals surface area contributed by atoms with Crippen molar-refractivity contribution in [1.29, 1.82) is 0 Å². The lowest BCUT2D eigenvalue weighted by atomic mass is 10.2. The normalized spacial score (nSPS) is 20.8. The molecule has 9 heteroatoms. The van der Waals surface area contributed by atoms with Gasteiger partial charge in [0.15, 0.2) is 15.7 Å². The van der Waals surface area contributed by atoms with Crippen LogP contribution in [0.15, 0.2) is 16.0 Å². The van der Waals surface area contributed by atoms with Crippen molar-refractivity contribution in [2.45, 2.75) is 25.0 Å². The van der Waals surface area contributed by atoms with E-state index in [0.29, 0.717) is 0 Å². The van der Waals surface area contributed by atoms with Crippen LogP contribution in [-0.4, -0.2) is 30.7 Å². The van der Waals surface area contributed by atoms with Gasteiger partial charge in [0.05, 0.1) is 0 Å². The molecule has 2 aromatic heterocycles. The molecule has 2 heterocycles. The predicted molar refractivity (Wildman–Crippen MR) is 81.4 cm³/mol. The average Bonchev–Trinajstić information content (AvgIpc) is 2.91. The number of amides is 1. The summed E-state index contributed by atoms with van der Waals surface area (Å²) in [5.74, 6) is -0.292. The summed E-state index contributed by atoms with van der Waals surface area (Å²) in [4.78, 5) is 17.2. The van der Waals surface area contributed by atoms with E-state index in [-0.39, 0.29) is 35.3 Å². The van der Waals surface area contributed by atoms with Crippen LogP contribution in [0.25, 0.3) is 0 Å². The van der Waals surface area contributed by atoms with Gasteiger partial charge in [-0.05, 0) is 30.4 Å². The smallest absolute Gasteiger partial charge is 0.315 e. The van der Waals surface area contributed by atoms with E-state index < -0.39 is 9.84 Å². The number of aromatic nitrogens is 2. The van der Waals surface area contributed by atoms with Crippen molar-refractivity contribution in [2.24, 2.45) is 5.92 Å². The first-order valence-corrected chi connectivity index (χ1v) is 9.62. The van der Waals surface area contributed by atoms with E-state index in [0.717, 1.165) is 12.7 Å². The molecule has 1 aliphatic rings. The number of nitrogens with zero attached hydrogens (tertiary/aromatic N) is 2. The fourth-order valence-electron chi connectivity index (χ4n) is 2.33. The van der Waals surface area contributed by atoms with Crippen LogP contribution in [0.3, 0.4) is 0 Å². The third-order valence-electron chi connectivity index (χ3n) is 3.46. The van der Waals surface area contributed by atoms with E-state index in [1.165, 1.54) is 10.4 Å². The monoisotopic (exact) mass is 341 g/mol. The number of rotatable bonds is 5. The molecule has 1 aliphatic carbocycles. The minimum Gasteiger partial charge on any atom is -0.315 e. The Morgan fingerprint density at radius 3 is 2.95 bits per heavy atom. The summed E-state index contributed by atoms with van der Waals surface area (Å²) in [5, 5.41) is 8.11. The van der Waals surface area contributed by atoms with Gasteiger partial charge in [-0.3, -0.25) is 10.1 Å². The van der Waals surface area contributed by atoms with Gasteiger partial charge in [-0.15, -0.1) is 11.3 Å². The molecule has 0 aliphatic heterocycles. The molecule has 1 amide bonds. The van der Waals surface area contributed by atoms with Crippen molar-refractivity contribution < 1.29 is 17.7 Å². The van der Waals surface area contributed by atoms with Crippen LogP contribution in [-0.2, 0) is 20.4 Å². The van der Waals surface area contributed by atoms with E-state index >= 15 is 0 Å². The van der Waals surface area contributed by atoms with Gasteiger partial charge in [0.1, 0.15) is 5.75 Å². The second kappa shape index (κ2) is 5.47. The summed E-state index contributed by atoms with van der Waals surface area (Å²) in [7, 11) is -3.24. The van der Waals surface area contributed by atoms with Gasteiger partial charge in [-0.25, -0.2) is 8.42 Å². The zero-order chi connectivity index (χ0) is 15.9. The first-order valence-electron chi connectivity index (χ1n) is 6.68. The molecule has 2 unspecified atom stereocenters. The van der Waals surface area contributed by atoms with Crippen LogP contribution >= 0.6 is 11.3 Å². The van der Waals surface area contributed by atoms with Crippen molar-refractivity contribution in [1.82, 2.24) is 10.1 Å². The van der Waals surface area contributed by atoms with Crippen LogP contribution in [0.4, 0.5) is 6.01 Å². The number of thiophene rings is 1. The molecular weight excluding hydrogens is 326 g/mol. The molecule has 0 bridgehead atoms. The summed E-state index contributed by atoms with van der Waals surface area (Å²) in [6.45, 7) is 2.04. The minimum absolute atomic E-state index is 0.0410. The molecule has 0 saturated heterocycles. The molecule has 0 radical (unpaired) electrons. The lowest BCUT2D eigenvalue weighted by molar-refractivity contribution is -0.117. The van der Waals surface area contributed by atoms with E-state index in [2.05, 4.69) is 15.5 Å². The number of aryl methyl sites for hydroxylation is 1. The summed E-state index contributed by atoms with van der Waals surface area (Å²) in [5.41, 5.74) is 1.21. The van der Waals surface area contributed by atoms with Gasteiger partial charge in [0, 0.05) is 23.0 Å². The maximum absolute atomic E-state index is 12.1. The third-order valence-corrected chi connectivity index (χ3v) is 5.39. The van der Waals surface area contributed by atoms with Gasteiger partial charge in [-0.1, -0.05) is 5.16 Å². The number of carbonyl (C=O) groups is 1. The standard InChI is InChI=1S/C13H15N3O4S2/c1-7-3-4-21-11(7)8-5-9(8)12(17)15-13-14-10(16-20-13)6-22(2,18)19/h3-4,8-9H,5-6H2,1-2H3,(H,14,15,16,17). The van der Waals surface area contributed by atoms with Crippen LogP contribution in [0.2, 0.25) is 0 Å². The van der Waals surface area contributed by atoms with Crippen molar-refractivity contribution >= 4 is 33.1 Å². The van der Waals surface area contributed by atoms with Crippen molar-refractivity contribution in [3.8, 4) is 0 Å². The van der Waals surface area contributed by atoms with E-state index in [9.17, 15) is 13.2 Å². The number of carbonyl (C=O) groups excluding carboxylic acids is 1. The number of anilines is 1. The van der Waals surface area contributed by atoms with Gasteiger partial charge >= 0.3 is 6.01 Å². The second-order valence-electron chi connectivity index (χ2n) is 5.49. The summed E-state index contributed by atoms with van der Waals surface area (Å²) >= 11 is 1.66. The summed E-state index contributed by atoms with van der Waals surface area (Å²) in [6, 6.07) is 1.99. The molecule has 118 valence electrons. The van der Waals surface area contributed by atoms with E-state index in [1.807, 2.05) is 18.4 Å². The minimum atomic E-state index is -3.24. The Morgan fingerprint density at radius 2 is 2.32 bits per heavy atom. The Bertz CT molecular complexity index is 809. The molecule has 1 saturated carbocycles. The maximum Gasteiger partial charge on any atom is 0.328 e. The van der Waals surface area contributed by atoms with E-state index in [1.54, 1.807) is 11.3 Å². The van der Waals surface area contributed by atoms with Crippen molar-refractivity contribution in [2.75, 3.05) is 11.6 Å². The Hall–Kier alpha value is -1.74. The Labute approximate surface area is 131 Å². The molecule has 0 spiro atoms. The molecular formula is C13H15N3O4S2. The molecule has 22 heavy (non-hydrogen) atoms. The largest absolute Gasteiger partial charge is 0.328 e. The first-order chi connectivity index (χ1) is 10.3. The molecule has 3 rings (SSSR count). The Balaban J connectivity index is 1.61. The van der Waals surface area contributed by atoms with Crippen LogP contribution in [0.5, 0.6) is 0 Å². The highest BCUT2D eigenvalue weighted by molar-refractivity contribution is 7.89. The molecule has 2 atom stereocenters. The van der Waals surface area contributed by atoms with Crippen LogP contribution < -0.4 is 5.32 Å². The van der Waals surface area contributed by atoms with Crippen LogP contribution in [0, 0.1) is 12.8 Å². The SMILES string of the molecule is Cc1ccsc1C1CC1C(=O)Nc1nc(CS(C)(=O)=O)no1. The Morgan fingerprint density at radius 1 is 1.55 bits per heavy atom. The lowest BCUT2D eigenvalue weighted by Gasteiger charge is -1.99. The molecule has 1 fully saturated rings. The van der Waals surface area contributed by atoms with Crippen molar-refractivity contribution in [3.63, 3.8) is 0 Å². The summed E-state index contributed by atoms with van der Waals surface area (Å²) in [6.07, 6.45) is 1.89. The summed E-state index contributed by atoms with van der Waals surface area (Å²) < 4.78 is 27.2. The van der Waals surface area contributed by atoms with Crippen LogP contribution in [0.1, 0.15) is 28.6 Å². The molecule has 0 aromatic carbocycles. The number of hydrogen-bond donors (Lipinski definition) is 1. The average molecular weight is 341 g/mol. The molecule has 1 N–H and O–H groups in total. The second-order valence-corrected chi connectivity index (χ2v) is 8.58. The van der Waals surface area contributed by atoms with E-state index in [4.69, 9.17) is 4.52 Å². The topological polar surface area (TPSA) is 102 Å². The Kier molecular flexibility index (Phi) is 3.77.